The molecule has 0 aromatic heterocycles. The molecule has 2 aromatic carbocycles. The van der Waals surface area contributed by atoms with Crippen LogP contribution in [0.15, 0.2) is 48.5 Å². The monoisotopic (exact) mass is 383 g/mol. The first-order chi connectivity index (χ1) is 13.4. The Kier molecular flexibility index (Phi) is 5.44. The van der Waals surface area contributed by atoms with E-state index in [1.54, 1.807) is 19.2 Å². The van der Waals surface area contributed by atoms with Gasteiger partial charge in [0.25, 0.3) is 5.69 Å². The number of rotatable bonds is 6. The van der Waals surface area contributed by atoms with E-state index in [1.165, 1.54) is 31.2 Å². The topological polar surface area (TPSA) is 95.7 Å². The number of methoxy groups -OCH3 is 1. The first kappa shape index (κ1) is 19.5. The van der Waals surface area contributed by atoms with Crippen molar-refractivity contribution in [2.75, 3.05) is 7.11 Å². The lowest BCUT2D eigenvalue weighted by molar-refractivity contribution is -0.384. The Balaban J connectivity index is 1.87. The van der Waals surface area contributed by atoms with Crippen molar-refractivity contribution in [1.29, 1.82) is 0 Å². The molecule has 0 radical (unpaired) electrons. The Labute approximate surface area is 162 Å². The van der Waals surface area contributed by atoms with E-state index < -0.39 is 22.4 Å². The van der Waals surface area contributed by atoms with E-state index in [-0.39, 0.29) is 17.0 Å². The van der Waals surface area contributed by atoms with Gasteiger partial charge in [-0.3, -0.25) is 14.9 Å². The standard InChI is InChI=1S/C21H21NO6/c1-14(23)21(16-7-11-18(27-2)12-8-16)13-3-4-19(21)28-20(24)15-5-9-17(10-6-15)22(25)26/h5-12,19H,3-4,13H2,1-2H3/t19-,21-/m0/s1. The number of ether oxygens (including phenoxy) is 2. The smallest absolute Gasteiger partial charge is 0.338 e. The molecule has 0 bridgehead atoms. The van der Waals surface area contributed by atoms with Crippen LogP contribution < -0.4 is 4.74 Å². The van der Waals surface area contributed by atoms with Gasteiger partial charge in [-0.2, -0.15) is 0 Å². The number of carbonyl (C=O) groups excluding carboxylic acids is 2. The molecule has 0 spiro atoms. The molecule has 0 aliphatic heterocycles. The first-order valence-corrected chi connectivity index (χ1v) is 8.99. The van der Waals surface area contributed by atoms with Gasteiger partial charge in [0.15, 0.2) is 0 Å². The number of Topliss-reactive ketones (excluding diaryl/α,β-unsaturated/α-hetero) is 1. The summed E-state index contributed by atoms with van der Waals surface area (Å²) in [5.41, 5.74) is 0.00103. The van der Waals surface area contributed by atoms with Crippen LogP contribution in [0.1, 0.15) is 42.1 Å². The number of benzene rings is 2. The molecule has 0 unspecified atom stereocenters. The van der Waals surface area contributed by atoms with Crippen molar-refractivity contribution in [3.8, 4) is 5.75 Å². The summed E-state index contributed by atoms with van der Waals surface area (Å²) in [4.78, 5) is 35.5. The van der Waals surface area contributed by atoms with E-state index in [4.69, 9.17) is 9.47 Å². The van der Waals surface area contributed by atoms with Crippen LogP contribution in [0.4, 0.5) is 5.69 Å². The van der Waals surface area contributed by atoms with Crippen LogP contribution in [0.3, 0.4) is 0 Å². The predicted molar refractivity (Wildman–Crippen MR) is 102 cm³/mol. The summed E-state index contributed by atoms with van der Waals surface area (Å²) in [6, 6.07) is 12.5. The molecule has 0 amide bonds. The second-order valence-electron chi connectivity index (χ2n) is 6.85. The number of nitro groups is 1. The van der Waals surface area contributed by atoms with Crippen LogP contribution in [0.25, 0.3) is 0 Å². The highest BCUT2D eigenvalue weighted by molar-refractivity contribution is 5.92. The predicted octanol–water partition coefficient (Wildman–Crippen LogP) is 3.84. The van der Waals surface area contributed by atoms with Gasteiger partial charge in [0.1, 0.15) is 17.6 Å². The lowest BCUT2D eigenvalue weighted by atomic mass is 9.74. The third-order valence-electron chi connectivity index (χ3n) is 5.38. The van der Waals surface area contributed by atoms with Crippen molar-refractivity contribution in [1.82, 2.24) is 0 Å². The molecular formula is C21H21NO6. The fourth-order valence-corrected chi connectivity index (χ4v) is 3.87. The molecule has 2 aromatic rings. The maximum Gasteiger partial charge on any atom is 0.338 e. The number of ketones is 1. The van der Waals surface area contributed by atoms with Crippen LogP contribution in [-0.4, -0.2) is 29.9 Å². The first-order valence-electron chi connectivity index (χ1n) is 8.99. The van der Waals surface area contributed by atoms with E-state index in [9.17, 15) is 19.7 Å². The normalized spacial score (nSPS) is 21.1. The largest absolute Gasteiger partial charge is 0.497 e. The molecule has 28 heavy (non-hydrogen) atoms. The van der Waals surface area contributed by atoms with Gasteiger partial charge in [0.05, 0.1) is 23.0 Å². The maximum absolute atomic E-state index is 12.7. The fourth-order valence-electron chi connectivity index (χ4n) is 3.87. The molecule has 3 rings (SSSR count). The van der Waals surface area contributed by atoms with E-state index in [0.29, 0.717) is 18.6 Å². The minimum atomic E-state index is -0.900. The zero-order valence-electron chi connectivity index (χ0n) is 15.7. The average molecular weight is 383 g/mol. The van der Waals surface area contributed by atoms with E-state index in [1.807, 2.05) is 12.1 Å². The molecular weight excluding hydrogens is 362 g/mol. The van der Waals surface area contributed by atoms with E-state index in [0.717, 1.165) is 12.0 Å². The molecule has 146 valence electrons. The number of hydrogen-bond acceptors (Lipinski definition) is 6. The van der Waals surface area contributed by atoms with Gasteiger partial charge >= 0.3 is 5.97 Å². The Bertz CT molecular complexity index is 890. The van der Waals surface area contributed by atoms with Gasteiger partial charge < -0.3 is 9.47 Å². The summed E-state index contributed by atoms with van der Waals surface area (Å²) in [6.07, 6.45) is 1.32. The van der Waals surface area contributed by atoms with Crippen molar-refractivity contribution in [2.45, 2.75) is 37.7 Å². The van der Waals surface area contributed by atoms with Crippen molar-refractivity contribution < 1.29 is 24.0 Å². The van der Waals surface area contributed by atoms with Crippen molar-refractivity contribution in [3.05, 3.63) is 69.8 Å². The molecule has 1 aliphatic carbocycles. The molecule has 0 saturated heterocycles. The number of carbonyl (C=O) groups is 2. The average Bonchev–Trinajstić information content (AvgIpc) is 3.12. The molecule has 0 N–H and O–H groups in total. The van der Waals surface area contributed by atoms with Crippen LogP contribution >= 0.6 is 0 Å². The van der Waals surface area contributed by atoms with Gasteiger partial charge in [-0.1, -0.05) is 12.1 Å². The van der Waals surface area contributed by atoms with Crippen LogP contribution in [0.5, 0.6) is 5.75 Å². The van der Waals surface area contributed by atoms with Gasteiger partial charge in [0.2, 0.25) is 0 Å². The third-order valence-corrected chi connectivity index (χ3v) is 5.38. The van der Waals surface area contributed by atoms with E-state index in [2.05, 4.69) is 0 Å². The summed E-state index contributed by atoms with van der Waals surface area (Å²) in [7, 11) is 1.57. The second-order valence-corrected chi connectivity index (χ2v) is 6.85. The summed E-state index contributed by atoms with van der Waals surface area (Å²) in [6.45, 7) is 1.52. The SMILES string of the molecule is COc1ccc([C@@]2(C(C)=O)CCC[C@@H]2OC(=O)c2ccc([N+](=O)[O-])cc2)cc1. The summed E-state index contributed by atoms with van der Waals surface area (Å²) < 4.78 is 10.9. The zero-order valence-corrected chi connectivity index (χ0v) is 15.7. The molecule has 1 fully saturated rings. The molecule has 1 saturated carbocycles. The quantitative estimate of drug-likeness (QED) is 0.427. The minimum absolute atomic E-state index is 0.0586. The molecule has 2 atom stereocenters. The lowest BCUT2D eigenvalue weighted by Crippen LogP contribution is -2.44. The summed E-state index contributed by atoms with van der Waals surface area (Å²) in [5, 5.41) is 10.8. The summed E-state index contributed by atoms with van der Waals surface area (Å²) >= 11 is 0. The molecule has 0 heterocycles. The van der Waals surface area contributed by atoms with E-state index >= 15 is 0 Å². The molecule has 1 aliphatic rings. The number of esters is 1. The van der Waals surface area contributed by atoms with Crippen molar-refractivity contribution in [2.24, 2.45) is 0 Å². The highest BCUT2D eigenvalue weighted by Gasteiger charge is 2.50. The van der Waals surface area contributed by atoms with Gasteiger partial charge in [-0.05, 0) is 56.0 Å². The fraction of sp³-hybridized carbons (Fsp3) is 0.333. The van der Waals surface area contributed by atoms with Crippen molar-refractivity contribution >= 4 is 17.4 Å². The Morgan fingerprint density at radius 2 is 1.75 bits per heavy atom. The van der Waals surface area contributed by atoms with Crippen LogP contribution in [0, 0.1) is 10.1 Å². The number of nitrogens with zero attached hydrogens (tertiary/aromatic N) is 1. The molecule has 7 nitrogen and oxygen atoms in total. The number of non-ortho nitro benzene ring substituents is 1. The second kappa shape index (κ2) is 7.80. The van der Waals surface area contributed by atoms with Crippen LogP contribution in [-0.2, 0) is 14.9 Å². The lowest BCUT2D eigenvalue weighted by Gasteiger charge is -2.33. The molecule has 7 heteroatoms. The van der Waals surface area contributed by atoms with Crippen LogP contribution in [0.2, 0.25) is 0 Å². The minimum Gasteiger partial charge on any atom is -0.497 e. The number of hydrogen-bond donors (Lipinski definition) is 0. The van der Waals surface area contributed by atoms with Gasteiger partial charge in [-0.15, -0.1) is 0 Å². The van der Waals surface area contributed by atoms with Crippen molar-refractivity contribution in [3.63, 3.8) is 0 Å². The highest BCUT2D eigenvalue weighted by atomic mass is 16.6. The van der Waals surface area contributed by atoms with Gasteiger partial charge in [-0.25, -0.2) is 4.79 Å². The third kappa shape index (κ3) is 3.47. The Hall–Kier alpha value is -3.22. The Morgan fingerprint density at radius 3 is 2.29 bits per heavy atom. The Morgan fingerprint density at radius 1 is 1.11 bits per heavy atom. The highest BCUT2D eigenvalue weighted by Crippen LogP contribution is 2.44. The number of nitro benzene ring substituents is 1. The maximum atomic E-state index is 12.7. The van der Waals surface area contributed by atoms with Gasteiger partial charge in [0, 0.05) is 12.1 Å². The zero-order chi connectivity index (χ0) is 20.3. The summed E-state index contributed by atoms with van der Waals surface area (Å²) in [5.74, 6) is 0.0254.